The Balaban J connectivity index is 1.41. The second-order valence-electron chi connectivity index (χ2n) is 6.58. The van der Waals surface area contributed by atoms with E-state index < -0.39 is 0 Å². The second kappa shape index (κ2) is 8.43. The minimum atomic E-state index is -0.184. The van der Waals surface area contributed by atoms with Crippen LogP contribution >= 0.6 is 0 Å². The molecule has 0 bridgehead atoms. The number of pyridine rings is 1. The lowest BCUT2D eigenvalue weighted by molar-refractivity contribution is 0.0951. The van der Waals surface area contributed by atoms with E-state index in [9.17, 15) is 9.59 Å². The van der Waals surface area contributed by atoms with Crippen LogP contribution in [-0.2, 0) is 13.1 Å². The van der Waals surface area contributed by atoms with E-state index in [1.807, 2.05) is 54.6 Å². The summed E-state index contributed by atoms with van der Waals surface area (Å²) in [4.78, 5) is 25.0. The van der Waals surface area contributed by atoms with Crippen molar-refractivity contribution < 1.29 is 4.79 Å². The average molecular weight is 387 g/mol. The molecule has 7 heteroatoms. The summed E-state index contributed by atoms with van der Waals surface area (Å²) in [7, 11) is 0. The number of para-hydroxylation sites is 1. The van der Waals surface area contributed by atoms with Gasteiger partial charge in [0.15, 0.2) is 5.65 Å². The molecule has 0 aliphatic rings. The number of amides is 1. The van der Waals surface area contributed by atoms with Gasteiger partial charge < -0.3 is 10.6 Å². The van der Waals surface area contributed by atoms with E-state index in [0.717, 1.165) is 11.3 Å². The van der Waals surface area contributed by atoms with E-state index in [-0.39, 0.29) is 11.6 Å². The van der Waals surface area contributed by atoms with Crippen molar-refractivity contribution >= 4 is 17.2 Å². The summed E-state index contributed by atoms with van der Waals surface area (Å²) in [5.41, 5.74) is 2.74. The van der Waals surface area contributed by atoms with Gasteiger partial charge in [-0.3, -0.25) is 9.20 Å². The zero-order chi connectivity index (χ0) is 20.1. The number of rotatable bonds is 7. The predicted molar refractivity (Wildman–Crippen MR) is 112 cm³/mol. The lowest BCUT2D eigenvalue weighted by Crippen LogP contribution is -2.26. The molecule has 0 saturated carbocycles. The molecular formula is C22H21N5O2. The van der Waals surface area contributed by atoms with Crippen LogP contribution in [-0.4, -0.2) is 26.6 Å². The van der Waals surface area contributed by atoms with Crippen LogP contribution in [0, 0.1) is 0 Å². The Kier molecular flexibility index (Phi) is 5.38. The van der Waals surface area contributed by atoms with Crippen LogP contribution in [0.1, 0.15) is 15.9 Å². The molecule has 0 radical (unpaired) electrons. The highest BCUT2D eigenvalue weighted by molar-refractivity contribution is 5.99. The molecule has 4 aromatic rings. The topological polar surface area (TPSA) is 80.4 Å². The Morgan fingerprint density at radius 3 is 2.52 bits per heavy atom. The lowest BCUT2D eigenvalue weighted by atomic mass is 10.1. The Morgan fingerprint density at radius 2 is 1.69 bits per heavy atom. The van der Waals surface area contributed by atoms with Gasteiger partial charge in [-0.2, -0.15) is 0 Å². The molecular weight excluding hydrogens is 366 g/mol. The fourth-order valence-electron chi connectivity index (χ4n) is 3.12. The molecule has 1 amide bonds. The average Bonchev–Trinajstić information content (AvgIpc) is 3.09. The van der Waals surface area contributed by atoms with Crippen molar-refractivity contribution in [2.45, 2.75) is 13.1 Å². The first kappa shape index (κ1) is 18.5. The SMILES string of the molecule is O=C(NCc1ccccc1)c1ccccc1NCCn1nc2ccccn2c1=O. The summed E-state index contributed by atoms with van der Waals surface area (Å²) in [5, 5.41) is 10.5. The third-order valence-corrected chi connectivity index (χ3v) is 4.60. The number of benzene rings is 2. The number of hydrogen-bond acceptors (Lipinski definition) is 4. The molecule has 0 fully saturated rings. The van der Waals surface area contributed by atoms with E-state index >= 15 is 0 Å². The first-order valence-corrected chi connectivity index (χ1v) is 9.41. The van der Waals surface area contributed by atoms with Crippen molar-refractivity contribution in [3.05, 3.63) is 101 Å². The fraction of sp³-hybridized carbons (Fsp3) is 0.136. The lowest BCUT2D eigenvalue weighted by Gasteiger charge is -2.12. The van der Waals surface area contributed by atoms with Crippen molar-refractivity contribution in [3.63, 3.8) is 0 Å². The van der Waals surface area contributed by atoms with Gasteiger partial charge in [-0.25, -0.2) is 9.48 Å². The summed E-state index contributed by atoms with van der Waals surface area (Å²) in [6.45, 7) is 1.32. The largest absolute Gasteiger partial charge is 0.383 e. The molecule has 2 aromatic heterocycles. The van der Waals surface area contributed by atoms with Crippen molar-refractivity contribution in [2.24, 2.45) is 0 Å². The van der Waals surface area contributed by atoms with Gasteiger partial charge in [0.1, 0.15) is 0 Å². The van der Waals surface area contributed by atoms with Gasteiger partial charge >= 0.3 is 5.69 Å². The van der Waals surface area contributed by atoms with E-state index in [1.165, 1.54) is 9.08 Å². The van der Waals surface area contributed by atoms with E-state index in [1.54, 1.807) is 24.4 Å². The highest BCUT2D eigenvalue weighted by Gasteiger charge is 2.11. The molecule has 0 aliphatic heterocycles. The van der Waals surface area contributed by atoms with E-state index in [4.69, 9.17) is 0 Å². The van der Waals surface area contributed by atoms with Crippen molar-refractivity contribution in [1.82, 2.24) is 19.5 Å². The zero-order valence-electron chi connectivity index (χ0n) is 15.8. The first-order chi connectivity index (χ1) is 14.2. The van der Waals surface area contributed by atoms with Gasteiger partial charge in [-0.15, -0.1) is 5.10 Å². The zero-order valence-corrected chi connectivity index (χ0v) is 15.8. The Bertz CT molecular complexity index is 1180. The van der Waals surface area contributed by atoms with E-state index in [0.29, 0.717) is 30.8 Å². The second-order valence-corrected chi connectivity index (χ2v) is 6.58. The Hall–Kier alpha value is -3.87. The van der Waals surface area contributed by atoms with Crippen molar-refractivity contribution in [2.75, 3.05) is 11.9 Å². The van der Waals surface area contributed by atoms with Gasteiger partial charge in [-0.05, 0) is 29.8 Å². The normalized spacial score (nSPS) is 10.8. The number of carbonyl (C=O) groups is 1. The quantitative estimate of drug-likeness (QED) is 0.511. The van der Waals surface area contributed by atoms with E-state index in [2.05, 4.69) is 15.7 Å². The van der Waals surface area contributed by atoms with Crippen LogP contribution < -0.4 is 16.3 Å². The first-order valence-electron chi connectivity index (χ1n) is 9.41. The number of nitrogens with zero attached hydrogens (tertiary/aromatic N) is 3. The van der Waals surface area contributed by atoms with Gasteiger partial charge in [0.25, 0.3) is 5.91 Å². The number of carbonyl (C=O) groups excluding carboxylic acids is 1. The standard InChI is InChI=1S/C22H21N5O2/c28-21(24-16-17-8-2-1-3-9-17)18-10-4-5-11-19(18)23-13-15-27-22(29)26-14-7-6-12-20(26)25-27/h1-12,14,23H,13,15-16H2,(H,24,28). The molecule has 0 aliphatic carbocycles. The number of aromatic nitrogens is 3. The molecule has 2 aromatic carbocycles. The molecule has 0 saturated heterocycles. The van der Waals surface area contributed by atoms with Crippen molar-refractivity contribution in [3.8, 4) is 0 Å². The Labute approximate surface area is 167 Å². The van der Waals surface area contributed by atoms with Crippen LogP contribution in [0.25, 0.3) is 5.65 Å². The van der Waals surface area contributed by atoms with Gasteiger partial charge in [-0.1, -0.05) is 48.5 Å². The predicted octanol–water partition coefficient (Wildman–Crippen LogP) is 2.54. The highest BCUT2D eigenvalue weighted by Crippen LogP contribution is 2.15. The van der Waals surface area contributed by atoms with Gasteiger partial charge in [0.05, 0.1) is 12.1 Å². The van der Waals surface area contributed by atoms with Crippen LogP contribution in [0.4, 0.5) is 5.69 Å². The molecule has 29 heavy (non-hydrogen) atoms. The monoisotopic (exact) mass is 387 g/mol. The Morgan fingerprint density at radius 1 is 0.931 bits per heavy atom. The number of fused-ring (bicyclic) bond motifs is 1. The molecule has 0 atom stereocenters. The highest BCUT2D eigenvalue weighted by atomic mass is 16.2. The summed E-state index contributed by atoms with van der Waals surface area (Å²) in [6.07, 6.45) is 1.70. The summed E-state index contributed by atoms with van der Waals surface area (Å²) in [5.74, 6) is -0.151. The van der Waals surface area contributed by atoms with Gasteiger partial charge in [0.2, 0.25) is 0 Å². The summed E-state index contributed by atoms with van der Waals surface area (Å²) < 4.78 is 2.92. The maximum Gasteiger partial charge on any atom is 0.350 e. The molecule has 2 heterocycles. The smallest absolute Gasteiger partial charge is 0.350 e. The van der Waals surface area contributed by atoms with Crippen molar-refractivity contribution in [1.29, 1.82) is 0 Å². The third kappa shape index (κ3) is 4.19. The van der Waals surface area contributed by atoms with Crippen LogP contribution in [0.15, 0.2) is 83.8 Å². The molecule has 146 valence electrons. The maximum absolute atomic E-state index is 12.6. The molecule has 2 N–H and O–H groups in total. The summed E-state index contributed by atoms with van der Waals surface area (Å²) in [6, 6.07) is 22.5. The minimum Gasteiger partial charge on any atom is -0.383 e. The number of hydrogen-bond donors (Lipinski definition) is 2. The van der Waals surface area contributed by atoms with Crippen LogP contribution in [0.2, 0.25) is 0 Å². The molecule has 4 rings (SSSR count). The summed E-state index contributed by atoms with van der Waals surface area (Å²) >= 11 is 0. The minimum absolute atomic E-state index is 0.151. The third-order valence-electron chi connectivity index (χ3n) is 4.60. The number of anilines is 1. The maximum atomic E-state index is 12.6. The molecule has 7 nitrogen and oxygen atoms in total. The van der Waals surface area contributed by atoms with Gasteiger partial charge in [0, 0.05) is 25.0 Å². The molecule has 0 unspecified atom stereocenters. The van der Waals surface area contributed by atoms with Crippen LogP contribution in [0.5, 0.6) is 0 Å². The van der Waals surface area contributed by atoms with Crippen LogP contribution in [0.3, 0.4) is 0 Å². The number of nitrogens with one attached hydrogen (secondary N) is 2. The fourth-order valence-corrected chi connectivity index (χ4v) is 3.12. The molecule has 0 spiro atoms.